The smallest absolute Gasteiger partial charge is 0.264 e. The Morgan fingerprint density at radius 2 is 1.94 bits per heavy atom. The molecule has 3 rings (SSSR count). The SMILES string of the molecule is Cc1ccc(C(=O)NCCCN2CCCC(C)C2)cc1N(C)S(=O)(=O)c1ccccc1. The molecule has 1 heterocycles. The quantitative estimate of drug-likeness (QED) is 0.632. The molecule has 1 atom stereocenters. The molecule has 2 aromatic carbocycles. The number of benzene rings is 2. The minimum absolute atomic E-state index is 0.182. The van der Waals surface area contributed by atoms with Gasteiger partial charge in [-0.15, -0.1) is 0 Å². The second-order valence-corrected chi connectivity index (χ2v) is 10.4. The van der Waals surface area contributed by atoms with Crippen molar-refractivity contribution in [2.75, 3.05) is 37.5 Å². The zero-order valence-corrected chi connectivity index (χ0v) is 19.5. The van der Waals surface area contributed by atoms with Crippen molar-refractivity contribution in [2.45, 2.75) is 38.0 Å². The number of likely N-dealkylation sites (tertiary alicyclic amines) is 1. The van der Waals surface area contributed by atoms with E-state index in [2.05, 4.69) is 17.1 Å². The van der Waals surface area contributed by atoms with Crippen molar-refractivity contribution in [1.82, 2.24) is 10.2 Å². The summed E-state index contributed by atoms with van der Waals surface area (Å²) in [5.74, 6) is 0.567. The van der Waals surface area contributed by atoms with Gasteiger partial charge in [0.2, 0.25) is 0 Å². The number of sulfonamides is 1. The van der Waals surface area contributed by atoms with E-state index in [1.165, 1.54) is 24.2 Å². The zero-order chi connectivity index (χ0) is 22.4. The van der Waals surface area contributed by atoms with Gasteiger partial charge in [0.05, 0.1) is 10.6 Å². The maximum atomic E-state index is 13.0. The molecule has 0 radical (unpaired) electrons. The van der Waals surface area contributed by atoms with Crippen molar-refractivity contribution in [3.8, 4) is 0 Å². The van der Waals surface area contributed by atoms with Gasteiger partial charge in [-0.1, -0.05) is 31.2 Å². The highest BCUT2D eigenvalue weighted by Crippen LogP contribution is 2.26. The van der Waals surface area contributed by atoms with Crippen LogP contribution >= 0.6 is 0 Å². The number of hydrogen-bond acceptors (Lipinski definition) is 4. The molecule has 1 fully saturated rings. The van der Waals surface area contributed by atoms with Crippen LogP contribution in [-0.2, 0) is 10.0 Å². The van der Waals surface area contributed by atoms with Crippen LogP contribution in [0.3, 0.4) is 0 Å². The van der Waals surface area contributed by atoms with Crippen molar-refractivity contribution in [3.63, 3.8) is 0 Å². The van der Waals surface area contributed by atoms with E-state index < -0.39 is 10.0 Å². The van der Waals surface area contributed by atoms with Gasteiger partial charge in [0.15, 0.2) is 0 Å². The standard InChI is InChI=1S/C24H33N3O3S/c1-19-9-7-15-27(18-19)16-8-14-25-24(28)21-13-12-20(2)23(17-21)26(3)31(29,30)22-10-5-4-6-11-22/h4-6,10-13,17,19H,7-9,14-16,18H2,1-3H3,(H,25,28). The lowest BCUT2D eigenvalue weighted by atomic mass is 10.0. The average molecular weight is 444 g/mol. The van der Waals surface area contributed by atoms with E-state index in [1.54, 1.807) is 48.5 Å². The molecule has 2 aromatic rings. The van der Waals surface area contributed by atoms with Crippen molar-refractivity contribution >= 4 is 21.6 Å². The Morgan fingerprint density at radius 3 is 2.65 bits per heavy atom. The molecule has 168 valence electrons. The highest BCUT2D eigenvalue weighted by atomic mass is 32.2. The number of anilines is 1. The van der Waals surface area contributed by atoms with Gasteiger partial charge in [-0.05, 0) is 75.0 Å². The predicted molar refractivity (Wildman–Crippen MR) is 125 cm³/mol. The molecule has 0 aliphatic carbocycles. The Balaban J connectivity index is 1.62. The molecule has 1 amide bonds. The first-order valence-electron chi connectivity index (χ1n) is 10.9. The third-order valence-corrected chi connectivity index (χ3v) is 7.68. The minimum Gasteiger partial charge on any atom is -0.352 e. The van der Waals surface area contributed by atoms with Crippen LogP contribution in [0.25, 0.3) is 0 Å². The number of carbonyl (C=O) groups excluding carboxylic acids is 1. The van der Waals surface area contributed by atoms with E-state index in [9.17, 15) is 13.2 Å². The Bertz CT molecular complexity index is 992. The van der Waals surface area contributed by atoms with E-state index >= 15 is 0 Å². The summed E-state index contributed by atoms with van der Waals surface area (Å²) in [7, 11) is -2.18. The molecule has 7 heteroatoms. The lowest BCUT2D eigenvalue weighted by Gasteiger charge is -2.30. The van der Waals surface area contributed by atoms with Crippen LogP contribution in [0, 0.1) is 12.8 Å². The molecular weight excluding hydrogens is 410 g/mol. The van der Waals surface area contributed by atoms with E-state index in [0.717, 1.165) is 37.5 Å². The first-order valence-corrected chi connectivity index (χ1v) is 12.4. The van der Waals surface area contributed by atoms with Gasteiger partial charge in [0, 0.05) is 25.7 Å². The van der Waals surface area contributed by atoms with Crippen LogP contribution in [-0.4, -0.2) is 52.5 Å². The molecule has 31 heavy (non-hydrogen) atoms. The maximum absolute atomic E-state index is 13.0. The van der Waals surface area contributed by atoms with Gasteiger partial charge in [-0.3, -0.25) is 9.10 Å². The molecule has 6 nitrogen and oxygen atoms in total. The molecular formula is C24H33N3O3S. The van der Waals surface area contributed by atoms with Crippen molar-refractivity contribution in [3.05, 3.63) is 59.7 Å². The number of carbonyl (C=O) groups is 1. The summed E-state index contributed by atoms with van der Waals surface area (Å²) in [5.41, 5.74) is 1.75. The summed E-state index contributed by atoms with van der Waals surface area (Å²) in [6.07, 6.45) is 3.45. The molecule has 0 spiro atoms. The summed E-state index contributed by atoms with van der Waals surface area (Å²) in [6, 6.07) is 13.5. The Labute approximate surface area is 186 Å². The van der Waals surface area contributed by atoms with E-state index in [4.69, 9.17) is 0 Å². The number of nitrogens with one attached hydrogen (secondary N) is 1. The van der Waals surface area contributed by atoms with Crippen molar-refractivity contribution < 1.29 is 13.2 Å². The molecule has 1 unspecified atom stereocenters. The Morgan fingerprint density at radius 1 is 1.19 bits per heavy atom. The van der Waals surface area contributed by atoms with Crippen LogP contribution in [0.1, 0.15) is 42.1 Å². The monoisotopic (exact) mass is 443 g/mol. The predicted octanol–water partition coefficient (Wildman–Crippen LogP) is 3.67. The summed E-state index contributed by atoms with van der Waals surface area (Å²) in [4.78, 5) is 15.3. The lowest BCUT2D eigenvalue weighted by Crippen LogP contribution is -2.36. The first-order chi connectivity index (χ1) is 14.8. The Kier molecular flexibility index (Phi) is 7.73. The van der Waals surface area contributed by atoms with Gasteiger partial charge < -0.3 is 10.2 Å². The fourth-order valence-corrected chi connectivity index (χ4v) is 5.34. The van der Waals surface area contributed by atoms with Crippen LogP contribution in [0.5, 0.6) is 0 Å². The normalized spacial score (nSPS) is 17.3. The highest BCUT2D eigenvalue weighted by Gasteiger charge is 2.23. The van der Waals surface area contributed by atoms with Crippen molar-refractivity contribution in [2.24, 2.45) is 5.92 Å². The number of amides is 1. The van der Waals surface area contributed by atoms with Gasteiger partial charge >= 0.3 is 0 Å². The van der Waals surface area contributed by atoms with Crippen LogP contribution in [0.15, 0.2) is 53.4 Å². The molecule has 0 bridgehead atoms. The van der Waals surface area contributed by atoms with E-state index in [-0.39, 0.29) is 10.8 Å². The fraction of sp³-hybridized carbons (Fsp3) is 0.458. The summed E-state index contributed by atoms with van der Waals surface area (Å²) in [6.45, 7) is 8.00. The third kappa shape index (κ3) is 5.86. The average Bonchev–Trinajstić information content (AvgIpc) is 2.77. The van der Waals surface area contributed by atoms with E-state index in [1.807, 2.05) is 6.92 Å². The number of piperidine rings is 1. The van der Waals surface area contributed by atoms with Gasteiger partial charge in [0.25, 0.3) is 15.9 Å². The highest BCUT2D eigenvalue weighted by molar-refractivity contribution is 7.92. The lowest BCUT2D eigenvalue weighted by molar-refractivity contribution is 0.0950. The van der Waals surface area contributed by atoms with Crippen LogP contribution in [0.2, 0.25) is 0 Å². The van der Waals surface area contributed by atoms with Crippen LogP contribution < -0.4 is 9.62 Å². The topological polar surface area (TPSA) is 69.7 Å². The molecule has 1 aliphatic rings. The maximum Gasteiger partial charge on any atom is 0.264 e. The largest absolute Gasteiger partial charge is 0.352 e. The second kappa shape index (κ2) is 10.3. The van der Waals surface area contributed by atoms with Crippen LogP contribution in [0.4, 0.5) is 5.69 Å². The molecule has 0 aromatic heterocycles. The van der Waals surface area contributed by atoms with Crippen molar-refractivity contribution in [1.29, 1.82) is 0 Å². The summed E-state index contributed by atoms with van der Waals surface area (Å²) < 4.78 is 27.2. The summed E-state index contributed by atoms with van der Waals surface area (Å²) >= 11 is 0. The van der Waals surface area contributed by atoms with Gasteiger partial charge in [0.1, 0.15) is 0 Å². The Hall–Kier alpha value is -2.38. The zero-order valence-electron chi connectivity index (χ0n) is 18.7. The first kappa shape index (κ1) is 23.3. The molecule has 1 N–H and O–H groups in total. The minimum atomic E-state index is -3.70. The second-order valence-electron chi connectivity index (χ2n) is 8.44. The third-order valence-electron chi connectivity index (χ3n) is 5.89. The number of hydrogen-bond donors (Lipinski definition) is 1. The number of rotatable bonds is 8. The molecule has 1 saturated heterocycles. The van der Waals surface area contributed by atoms with Gasteiger partial charge in [-0.2, -0.15) is 0 Å². The number of aryl methyl sites for hydroxylation is 1. The number of nitrogens with zero attached hydrogens (tertiary/aromatic N) is 2. The fourth-order valence-electron chi connectivity index (χ4n) is 4.07. The van der Waals surface area contributed by atoms with E-state index in [0.29, 0.717) is 17.8 Å². The van der Waals surface area contributed by atoms with Gasteiger partial charge in [-0.25, -0.2) is 8.42 Å². The molecule has 1 aliphatic heterocycles. The summed E-state index contributed by atoms with van der Waals surface area (Å²) in [5, 5.41) is 2.97. The molecule has 0 saturated carbocycles.